The topological polar surface area (TPSA) is 63.6 Å². The summed E-state index contributed by atoms with van der Waals surface area (Å²) in [4.78, 5) is 21.1. The van der Waals surface area contributed by atoms with Crippen LogP contribution in [0.1, 0.15) is 27.6 Å². The Morgan fingerprint density at radius 1 is 1.36 bits per heavy atom. The molecule has 74 valence electrons. The van der Waals surface area contributed by atoms with Crippen LogP contribution < -0.4 is 4.74 Å². The molecule has 0 saturated carbocycles. The van der Waals surface area contributed by atoms with Crippen molar-refractivity contribution in [1.82, 2.24) is 0 Å². The Kier molecular flexibility index (Phi) is 3.23. The van der Waals surface area contributed by atoms with E-state index in [4.69, 9.17) is 4.74 Å². The average Bonchev–Trinajstić information content (AvgIpc) is 2.19. The van der Waals surface area contributed by atoms with Crippen LogP contribution >= 0.6 is 0 Å². The van der Waals surface area contributed by atoms with Crippen molar-refractivity contribution in [1.29, 1.82) is 0 Å². The molecule has 14 heavy (non-hydrogen) atoms. The van der Waals surface area contributed by atoms with Crippen molar-refractivity contribution in [2.75, 3.05) is 6.61 Å². The Morgan fingerprint density at radius 3 is 2.57 bits per heavy atom. The third-order valence-electron chi connectivity index (χ3n) is 1.75. The summed E-state index contributed by atoms with van der Waals surface area (Å²) in [7, 11) is 0. The maximum absolute atomic E-state index is 10.6. The van der Waals surface area contributed by atoms with Crippen molar-refractivity contribution in [2.45, 2.75) is 6.92 Å². The van der Waals surface area contributed by atoms with Crippen molar-refractivity contribution >= 4 is 12.6 Å². The van der Waals surface area contributed by atoms with E-state index < -0.39 is 0 Å². The van der Waals surface area contributed by atoms with Gasteiger partial charge in [-0.25, -0.2) is 0 Å². The molecule has 0 heterocycles. The van der Waals surface area contributed by atoms with Gasteiger partial charge in [0.25, 0.3) is 0 Å². The number of benzene rings is 1. The first-order chi connectivity index (χ1) is 6.74. The van der Waals surface area contributed by atoms with Gasteiger partial charge in [0.1, 0.15) is 11.5 Å². The predicted octanol–water partition coefficient (Wildman–Crippen LogP) is 1.42. The van der Waals surface area contributed by atoms with E-state index in [1.54, 1.807) is 6.92 Å². The van der Waals surface area contributed by atoms with Gasteiger partial charge in [0.2, 0.25) is 0 Å². The SMILES string of the molecule is CCOc1ccc(C=O)c(O)c1C=O. The van der Waals surface area contributed by atoms with Gasteiger partial charge >= 0.3 is 0 Å². The molecule has 1 aromatic carbocycles. The van der Waals surface area contributed by atoms with Crippen molar-refractivity contribution < 1.29 is 19.4 Å². The third-order valence-corrected chi connectivity index (χ3v) is 1.75. The number of rotatable bonds is 4. The van der Waals surface area contributed by atoms with Gasteiger partial charge in [-0.15, -0.1) is 0 Å². The average molecular weight is 194 g/mol. The zero-order chi connectivity index (χ0) is 10.6. The van der Waals surface area contributed by atoms with E-state index in [-0.39, 0.29) is 22.6 Å². The number of phenols is 1. The number of aldehydes is 2. The predicted molar refractivity (Wildman–Crippen MR) is 50.1 cm³/mol. The molecule has 0 bridgehead atoms. The van der Waals surface area contributed by atoms with Crippen LogP contribution in [0.4, 0.5) is 0 Å². The highest BCUT2D eigenvalue weighted by atomic mass is 16.5. The first kappa shape index (κ1) is 10.2. The first-order valence-electron chi connectivity index (χ1n) is 4.13. The van der Waals surface area contributed by atoms with Gasteiger partial charge in [-0.1, -0.05) is 0 Å². The van der Waals surface area contributed by atoms with E-state index in [2.05, 4.69) is 0 Å². The number of ether oxygens (including phenoxy) is 1. The van der Waals surface area contributed by atoms with Gasteiger partial charge in [-0.2, -0.15) is 0 Å². The molecular formula is C10H10O4. The summed E-state index contributed by atoms with van der Waals surface area (Å²) in [6.45, 7) is 2.15. The van der Waals surface area contributed by atoms with Crippen molar-refractivity contribution in [3.63, 3.8) is 0 Å². The molecule has 0 amide bonds. The molecule has 0 aliphatic heterocycles. The van der Waals surface area contributed by atoms with Gasteiger partial charge < -0.3 is 9.84 Å². The largest absolute Gasteiger partial charge is 0.506 e. The monoisotopic (exact) mass is 194 g/mol. The van der Waals surface area contributed by atoms with Crippen LogP contribution in [-0.2, 0) is 0 Å². The summed E-state index contributed by atoms with van der Waals surface area (Å²) < 4.78 is 5.10. The van der Waals surface area contributed by atoms with Crippen LogP contribution in [0, 0.1) is 0 Å². The molecule has 0 spiro atoms. The molecule has 0 aliphatic rings. The van der Waals surface area contributed by atoms with Gasteiger partial charge in [-0.05, 0) is 19.1 Å². The number of phenolic OH excluding ortho intramolecular Hbond substituents is 1. The lowest BCUT2D eigenvalue weighted by atomic mass is 10.1. The second-order valence-corrected chi connectivity index (χ2v) is 2.58. The minimum atomic E-state index is -0.332. The summed E-state index contributed by atoms with van der Waals surface area (Å²) in [6.07, 6.45) is 0.950. The van der Waals surface area contributed by atoms with Gasteiger partial charge in [0, 0.05) is 0 Å². The quantitative estimate of drug-likeness (QED) is 0.736. The van der Waals surface area contributed by atoms with Gasteiger partial charge in [-0.3, -0.25) is 9.59 Å². The molecule has 0 atom stereocenters. The smallest absolute Gasteiger partial charge is 0.157 e. The molecule has 0 saturated heterocycles. The maximum atomic E-state index is 10.6. The summed E-state index contributed by atoms with van der Waals surface area (Å²) in [6, 6.07) is 2.89. The molecule has 1 aromatic rings. The molecule has 1 N–H and O–H groups in total. The summed E-state index contributed by atoms with van der Waals surface area (Å²) in [5, 5.41) is 9.45. The fourth-order valence-corrected chi connectivity index (χ4v) is 1.10. The Balaban J connectivity index is 3.27. The molecular weight excluding hydrogens is 184 g/mol. The van der Waals surface area contributed by atoms with Crippen molar-refractivity contribution in [3.05, 3.63) is 23.3 Å². The second-order valence-electron chi connectivity index (χ2n) is 2.58. The van der Waals surface area contributed by atoms with E-state index in [1.807, 2.05) is 0 Å². The van der Waals surface area contributed by atoms with E-state index in [9.17, 15) is 14.7 Å². The summed E-state index contributed by atoms with van der Waals surface area (Å²) >= 11 is 0. The van der Waals surface area contributed by atoms with Crippen LogP contribution in [0.5, 0.6) is 11.5 Å². The highest BCUT2D eigenvalue weighted by Crippen LogP contribution is 2.28. The number of carbonyl (C=O) groups is 2. The Morgan fingerprint density at radius 2 is 2.07 bits per heavy atom. The Bertz CT molecular complexity index is 357. The molecule has 1 rings (SSSR count). The number of hydrogen-bond acceptors (Lipinski definition) is 4. The zero-order valence-corrected chi connectivity index (χ0v) is 7.69. The summed E-state index contributed by atoms with van der Waals surface area (Å²) in [5.74, 6) is -0.0495. The zero-order valence-electron chi connectivity index (χ0n) is 7.69. The molecule has 0 unspecified atom stereocenters. The molecule has 0 aliphatic carbocycles. The lowest BCUT2D eigenvalue weighted by Crippen LogP contribution is -1.97. The standard InChI is InChI=1S/C10H10O4/c1-2-14-9-4-3-7(5-11)10(13)8(9)6-12/h3-6,13H,2H2,1H3. The van der Waals surface area contributed by atoms with Crippen LogP contribution in [0.2, 0.25) is 0 Å². The minimum absolute atomic E-state index is 0.0106. The van der Waals surface area contributed by atoms with Crippen LogP contribution in [0.25, 0.3) is 0 Å². The Labute approximate surface area is 81.1 Å². The number of carbonyl (C=O) groups excluding carboxylic acids is 2. The fourth-order valence-electron chi connectivity index (χ4n) is 1.10. The fraction of sp³-hybridized carbons (Fsp3) is 0.200. The number of hydrogen-bond donors (Lipinski definition) is 1. The number of aromatic hydroxyl groups is 1. The molecule has 0 fully saturated rings. The van der Waals surface area contributed by atoms with Crippen LogP contribution in [0.3, 0.4) is 0 Å². The van der Waals surface area contributed by atoms with Gasteiger partial charge in [0.15, 0.2) is 12.6 Å². The highest BCUT2D eigenvalue weighted by Gasteiger charge is 2.11. The van der Waals surface area contributed by atoms with E-state index in [0.29, 0.717) is 19.2 Å². The van der Waals surface area contributed by atoms with Gasteiger partial charge in [0.05, 0.1) is 17.7 Å². The van der Waals surface area contributed by atoms with E-state index >= 15 is 0 Å². The van der Waals surface area contributed by atoms with Crippen LogP contribution in [-0.4, -0.2) is 24.3 Å². The highest BCUT2D eigenvalue weighted by molar-refractivity contribution is 5.90. The van der Waals surface area contributed by atoms with E-state index in [0.717, 1.165) is 0 Å². The summed E-state index contributed by atoms with van der Waals surface area (Å²) in [5.41, 5.74) is 0.0898. The van der Waals surface area contributed by atoms with Crippen molar-refractivity contribution in [2.24, 2.45) is 0 Å². The van der Waals surface area contributed by atoms with Crippen LogP contribution in [0.15, 0.2) is 12.1 Å². The lowest BCUT2D eigenvalue weighted by molar-refractivity contribution is 0.111. The third kappa shape index (κ3) is 1.74. The Hall–Kier alpha value is -1.84. The van der Waals surface area contributed by atoms with Crippen molar-refractivity contribution in [3.8, 4) is 11.5 Å². The second kappa shape index (κ2) is 4.41. The lowest BCUT2D eigenvalue weighted by Gasteiger charge is -2.08. The molecule has 0 aromatic heterocycles. The maximum Gasteiger partial charge on any atom is 0.157 e. The normalized spacial score (nSPS) is 9.50. The first-order valence-corrected chi connectivity index (χ1v) is 4.13. The molecule has 4 heteroatoms. The molecule has 0 radical (unpaired) electrons. The molecule has 4 nitrogen and oxygen atoms in total. The van der Waals surface area contributed by atoms with E-state index in [1.165, 1.54) is 12.1 Å². The minimum Gasteiger partial charge on any atom is -0.506 e.